The Balaban J connectivity index is 1.67. The molecule has 30 heavy (non-hydrogen) atoms. The Labute approximate surface area is 179 Å². The van der Waals surface area contributed by atoms with Crippen molar-refractivity contribution in [3.05, 3.63) is 23.8 Å². The lowest BCUT2D eigenvalue weighted by Gasteiger charge is -2.42. The van der Waals surface area contributed by atoms with E-state index in [1.54, 1.807) is 11.8 Å². The van der Waals surface area contributed by atoms with E-state index in [2.05, 4.69) is 25.2 Å². The third-order valence-corrected chi connectivity index (χ3v) is 6.24. The Morgan fingerprint density at radius 3 is 2.37 bits per heavy atom. The summed E-state index contributed by atoms with van der Waals surface area (Å²) in [6.45, 7) is 12.8. The zero-order chi connectivity index (χ0) is 22.2. The van der Waals surface area contributed by atoms with Crippen LogP contribution in [0.15, 0.2) is 18.2 Å². The lowest BCUT2D eigenvalue weighted by Crippen LogP contribution is -2.48. The number of ether oxygens (including phenoxy) is 1. The quantitative estimate of drug-likeness (QED) is 0.764. The van der Waals surface area contributed by atoms with Gasteiger partial charge in [0.1, 0.15) is 5.60 Å². The van der Waals surface area contributed by atoms with Crippen molar-refractivity contribution in [1.29, 1.82) is 0 Å². The molecule has 0 bridgehead atoms. The van der Waals surface area contributed by atoms with Gasteiger partial charge in [-0.25, -0.2) is 4.79 Å². The maximum absolute atomic E-state index is 12.3. The summed E-state index contributed by atoms with van der Waals surface area (Å²) in [5.74, 6) is 0.214. The highest BCUT2D eigenvalue weighted by atomic mass is 16.6. The molecule has 0 aromatic heterocycles. The van der Waals surface area contributed by atoms with Crippen molar-refractivity contribution in [2.45, 2.75) is 78.1 Å². The molecule has 3 rings (SSSR count). The van der Waals surface area contributed by atoms with E-state index >= 15 is 0 Å². The fourth-order valence-corrected chi connectivity index (χ4v) is 4.39. The second-order valence-corrected chi connectivity index (χ2v) is 9.67. The average Bonchev–Trinajstić information content (AvgIpc) is 2.66. The molecule has 2 amide bonds. The Kier molecular flexibility index (Phi) is 6.32. The molecular formula is C23H36N4O3. The first kappa shape index (κ1) is 22.4. The zero-order valence-electron chi connectivity index (χ0n) is 19.1. The maximum atomic E-state index is 12.3. The van der Waals surface area contributed by atoms with Crippen molar-refractivity contribution in [3.8, 4) is 0 Å². The second kappa shape index (κ2) is 8.46. The van der Waals surface area contributed by atoms with Crippen LogP contribution in [0, 0.1) is 5.92 Å². The maximum Gasteiger partial charge on any atom is 0.410 e. The molecule has 0 aliphatic carbocycles. The highest BCUT2D eigenvalue weighted by Gasteiger charge is 2.36. The van der Waals surface area contributed by atoms with Crippen molar-refractivity contribution in [3.63, 3.8) is 0 Å². The monoisotopic (exact) mass is 416 g/mol. The van der Waals surface area contributed by atoms with Gasteiger partial charge in [-0.1, -0.05) is 6.92 Å². The fraction of sp³-hybridized carbons (Fsp3) is 0.652. The Morgan fingerprint density at radius 1 is 1.17 bits per heavy atom. The smallest absolute Gasteiger partial charge is 0.410 e. The highest BCUT2D eigenvalue weighted by Crippen LogP contribution is 2.40. The molecular weight excluding hydrogens is 380 g/mol. The summed E-state index contributed by atoms with van der Waals surface area (Å²) in [6, 6.07) is 6.34. The predicted octanol–water partition coefficient (Wildman–Crippen LogP) is 3.89. The van der Waals surface area contributed by atoms with Gasteiger partial charge in [0.25, 0.3) is 0 Å². The van der Waals surface area contributed by atoms with Crippen molar-refractivity contribution < 1.29 is 14.3 Å². The molecule has 1 fully saturated rings. The Bertz CT molecular complexity index is 796. The molecule has 3 atom stereocenters. The van der Waals surface area contributed by atoms with Crippen LogP contribution < -0.4 is 16.0 Å². The van der Waals surface area contributed by atoms with Crippen LogP contribution in [0.1, 0.15) is 66.0 Å². The molecule has 3 N–H and O–H groups in total. The number of hydrogen-bond acceptors (Lipinski definition) is 5. The van der Waals surface area contributed by atoms with Gasteiger partial charge in [0, 0.05) is 49.5 Å². The number of carbonyl (C=O) groups excluding carboxylic acids is 2. The number of nitrogens with zero attached hydrogens (tertiary/aromatic N) is 2. The van der Waals surface area contributed by atoms with Crippen LogP contribution in [0.3, 0.4) is 0 Å². The van der Waals surface area contributed by atoms with E-state index in [-0.39, 0.29) is 36.0 Å². The summed E-state index contributed by atoms with van der Waals surface area (Å²) in [5, 5.41) is 3.59. The lowest BCUT2D eigenvalue weighted by molar-refractivity contribution is -0.117. The number of hydrogen-bond donors (Lipinski definition) is 2. The SMILES string of the molecule is CC(=O)N1c2ccc(NC3CCN(C(=O)OC(C)(C)C)CC3)cc2C(N)C(C)C1C. The van der Waals surface area contributed by atoms with Crippen LogP contribution in [0.25, 0.3) is 0 Å². The van der Waals surface area contributed by atoms with Crippen LogP contribution in [-0.4, -0.2) is 47.7 Å². The topological polar surface area (TPSA) is 87.9 Å². The predicted molar refractivity (Wildman–Crippen MR) is 120 cm³/mol. The molecule has 3 unspecified atom stereocenters. The summed E-state index contributed by atoms with van der Waals surface area (Å²) >= 11 is 0. The normalized spacial score (nSPS) is 25.0. The van der Waals surface area contributed by atoms with E-state index in [0.717, 1.165) is 29.8 Å². The van der Waals surface area contributed by atoms with Crippen molar-refractivity contribution in [2.24, 2.45) is 11.7 Å². The van der Waals surface area contributed by atoms with Gasteiger partial charge in [-0.2, -0.15) is 0 Å². The standard InChI is InChI=1S/C23H36N4O3/c1-14-15(2)27(16(3)28)20-8-7-18(13-19(20)21(14)24)25-17-9-11-26(12-10-17)22(29)30-23(4,5)6/h7-8,13-15,17,21,25H,9-12,24H2,1-6H3. The average molecular weight is 417 g/mol. The number of fused-ring (bicyclic) bond motifs is 1. The van der Waals surface area contributed by atoms with Gasteiger partial charge in [0.15, 0.2) is 0 Å². The van der Waals surface area contributed by atoms with E-state index in [4.69, 9.17) is 10.5 Å². The van der Waals surface area contributed by atoms with Gasteiger partial charge in [-0.05, 0) is 70.2 Å². The van der Waals surface area contributed by atoms with Gasteiger partial charge in [-0.3, -0.25) is 4.79 Å². The number of rotatable bonds is 2. The van der Waals surface area contributed by atoms with E-state index in [1.165, 1.54) is 0 Å². The van der Waals surface area contributed by atoms with Gasteiger partial charge in [0.2, 0.25) is 5.91 Å². The van der Waals surface area contributed by atoms with Gasteiger partial charge < -0.3 is 25.6 Å². The minimum atomic E-state index is -0.476. The Morgan fingerprint density at radius 2 is 1.80 bits per heavy atom. The van der Waals surface area contributed by atoms with E-state index in [9.17, 15) is 9.59 Å². The second-order valence-electron chi connectivity index (χ2n) is 9.67. The fourth-order valence-electron chi connectivity index (χ4n) is 4.39. The van der Waals surface area contributed by atoms with Crippen LogP contribution in [0.4, 0.5) is 16.2 Å². The Hall–Kier alpha value is -2.28. The third-order valence-electron chi connectivity index (χ3n) is 6.24. The van der Waals surface area contributed by atoms with E-state index in [0.29, 0.717) is 13.1 Å². The lowest BCUT2D eigenvalue weighted by atomic mass is 9.83. The third kappa shape index (κ3) is 4.72. The van der Waals surface area contributed by atoms with Crippen LogP contribution >= 0.6 is 0 Å². The number of amides is 2. The minimum absolute atomic E-state index is 0.0396. The number of nitrogens with one attached hydrogen (secondary N) is 1. The molecule has 7 heteroatoms. The molecule has 2 heterocycles. The van der Waals surface area contributed by atoms with Crippen molar-refractivity contribution in [1.82, 2.24) is 4.90 Å². The molecule has 2 aliphatic rings. The number of carbonyl (C=O) groups is 2. The summed E-state index contributed by atoms with van der Waals surface area (Å²) in [7, 11) is 0. The van der Waals surface area contributed by atoms with E-state index in [1.807, 2.05) is 37.8 Å². The van der Waals surface area contributed by atoms with Crippen molar-refractivity contribution in [2.75, 3.05) is 23.3 Å². The molecule has 0 saturated carbocycles. The summed E-state index contributed by atoms with van der Waals surface area (Å²) < 4.78 is 5.47. The summed E-state index contributed by atoms with van der Waals surface area (Å²) in [5.41, 5.74) is 8.97. The summed E-state index contributed by atoms with van der Waals surface area (Å²) in [6.07, 6.45) is 1.47. The van der Waals surface area contributed by atoms with Crippen LogP contribution in [0.2, 0.25) is 0 Å². The molecule has 0 radical (unpaired) electrons. The molecule has 1 aromatic carbocycles. The van der Waals surface area contributed by atoms with Crippen LogP contribution in [-0.2, 0) is 9.53 Å². The first-order valence-electron chi connectivity index (χ1n) is 10.9. The molecule has 1 aromatic rings. The summed E-state index contributed by atoms with van der Waals surface area (Å²) in [4.78, 5) is 28.1. The zero-order valence-corrected chi connectivity index (χ0v) is 19.1. The first-order chi connectivity index (χ1) is 14.0. The van der Waals surface area contributed by atoms with Gasteiger partial charge >= 0.3 is 6.09 Å². The van der Waals surface area contributed by atoms with Gasteiger partial charge in [-0.15, -0.1) is 0 Å². The minimum Gasteiger partial charge on any atom is -0.444 e. The largest absolute Gasteiger partial charge is 0.444 e. The number of anilines is 2. The number of benzene rings is 1. The van der Waals surface area contributed by atoms with Gasteiger partial charge in [0.05, 0.1) is 0 Å². The highest BCUT2D eigenvalue weighted by molar-refractivity contribution is 5.94. The molecule has 1 saturated heterocycles. The molecule has 7 nitrogen and oxygen atoms in total. The number of piperidine rings is 1. The number of nitrogens with two attached hydrogens (primary N) is 1. The molecule has 0 spiro atoms. The molecule has 2 aliphatic heterocycles. The first-order valence-corrected chi connectivity index (χ1v) is 10.9. The molecule has 166 valence electrons. The van der Waals surface area contributed by atoms with Crippen LogP contribution in [0.5, 0.6) is 0 Å². The van der Waals surface area contributed by atoms with Crippen molar-refractivity contribution >= 4 is 23.4 Å². The number of likely N-dealkylation sites (tertiary alicyclic amines) is 1. The van der Waals surface area contributed by atoms with E-state index < -0.39 is 5.60 Å².